The molecule has 12 N–H and O–H groups in total. The van der Waals surface area contributed by atoms with Crippen LogP contribution in [0, 0.1) is 71.0 Å². The maximum atomic E-state index is 12.3. The Kier molecular flexibility index (Phi) is 17.6. The van der Waals surface area contributed by atoms with Crippen molar-refractivity contribution in [3.8, 4) is 70.1 Å². The van der Waals surface area contributed by atoms with Crippen LogP contribution in [-0.4, -0.2) is 221 Å². The van der Waals surface area contributed by atoms with E-state index >= 15 is 0 Å². The summed E-state index contributed by atoms with van der Waals surface area (Å²) in [6, 6.07) is 42.6. The minimum atomic E-state index is -1.63. The molecule has 4 saturated carbocycles. The first-order chi connectivity index (χ1) is 55.6. The zero-order valence-corrected chi connectivity index (χ0v) is 62.1. The van der Waals surface area contributed by atoms with Crippen LogP contribution >= 0.6 is 0 Å². The van der Waals surface area contributed by atoms with Crippen molar-refractivity contribution in [2.24, 2.45) is 46.6 Å². The minimum absolute atomic E-state index is 0.0851. The first kappa shape index (κ1) is 74.0. The molecule has 0 radical (unpaired) electrons. The van der Waals surface area contributed by atoms with Crippen molar-refractivity contribution < 1.29 is 58.8 Å². The maximum absolute atomic E-state index is 12.3. The number of aliphatic hydroxyl groups is 4. The minimum Gasteiger partial charge on any atom is -0.369 e. The molecule has 32 heteroatoms. The lowest BCUT2D eigenvalue weighted by Crippen LogP contribution is -2.41. The summed E-state index contributed by atoms with van der Waals surface area (Å²) < 4.78 is 6.11. The van der Waals surface area contributed by atoms with Crippen molar-refractivity contribution in [1.29, 1.82) is 0 Å². The number of likely N-dealkylation sites (tertiary alicyclic amines) is 4. The molecule has 8 aromatic heterocycles. The number of amides is 8. The SMILES string of the molecule is CN1C(=O)[C@@](O)(C#Cc2cccc(-n3nc(C(N)=O)c4cccnc43)c2)[C@@H]2C[C@@H]21.CN1C(=O)[C@@](O)(C#Cc2cccc(-n3nc(C(N)=O)c4cccnc43)c2)[C@H]2C[C@H]21.CN1C(=O)[C@](O)(C#Cc2cccc(-n3nc(C(N)=O)c4cccnc43)c2)[C@@H]2C[C@@H]21.CN1C(=O)[C@](O)(C#Cc2cccc(-n3nc(C(N)=O)c4cccnc43)c2)[C@H]2C[C@H]21. The molecular formula is C84H68N20O12. The van der Waals surface area contributed by atoms with Crippen molar-refractivity contribution >= 4 is 91.4 Å². The molecule has 8 amide bonds. The average Bonchev–Trinajstić information content (AvgIpc) is 1.56. The van der Waals surface area contributed by atoms with Gasteiger partial charge in [-0.05, 0) is 147 Å². The smallest absolute Gasteiger partial charge is 0.269 e. The van der Waals surface area contributed by atoms with Crippen LogP contribution < -0.4 is 22.9 Å². The number of nitrogens with two attached hydrogens (primary N) is 4. The van der Waals surface area contributed by atoms with E-state index < -0.39 is 46.0 Å². The largest absolute Gasteiger partial charge is 0.369 e. The molecule has 4 aromatic carbocycles. The summed E-state index contributed by atoms with van der Waals surface area (Å²) in [6.45, 7) is 0. The maximum Gasteiger partial charge on any atom is 0.269 e. The van der Waals surface area contributed by atoms with Crippen molar-refractivity contribution in [1.82, 2.24) is 78.7 Å². The van der Waals surface area contributed by atoms with Crippen LogP contribution in [0.25, 0.3) is 66.9 Å². The van der Waals surface area contributed by atoms with Crippen LogP contribution in [0.3, 0.4) is 0 Å². The van der Waals surface area contributed by atoms with Crippen molar-refractivity contribution in [2.45, 2.75) is 72.3 Å². The molecule has 0 spiro atoms. The van der Waals surface area contributed by atoms with Gasteiger partial charge in [0.05, 0.1) is 44.3 Å². The van der Waals surface area contributed by atoms with Gasteiger partial charge in [-0.2, -0.15) is 20.4 Å². The number of hydrogen-bond acceptors (Lipinski definition) is 20. The van der Waals surface area contributed by atoms with Crippen molar-refractivity contribution in [3.05, 3.63) is 215 Å². The molecule has 4 saturated heterocycles. The average molecular weight is 1550 g/mol. The summed E-state index contributed by atoms with van der Waals surface area (Å²) in [6.07, 6.45) is 9.53. The predicted octanol–water partition coefficient (Wildman–Crippen LogP) is 1.85. The van der Waals surface area contributed by atoms with Gasteiger partial charge in [0.2, 0.25) is 22.4 Å². The van der Waals surface area contributed by atoms with E-state index in [9.17, 15) is 58.8 Å². The molecule has 576 valence electrons. The van der Waals surface area contributed by atoms with E-state index in [0.29, 0.717) is 89.1 Å². The van der Waals surface area contributed by atoms with Gasteiger partial charge in [-0.3, -0.25) is 38.4 Å². The lowest BCUT2D eigenvalue weighted by Gasteiger charge is -2.18. The number of fused-ring (bicyclic) bond motifs is 8. The first-order valence-electron chi connectivity index (χ1n) is 36.7. The van der Waals surface area contributed by atoms with Gasteiger partial charge in [-0.1, -0.05) is 71.6 Å². The highest BCUT2D eigenvalue weighted by Gasteiger charge is 2.69. The molecule has 0 bridgehead atoms. The third-order valence-corrected chi connectivity index (χ3v) is 22.4. The van der Waals surface area contributed by atoms with Gasteiger partial charge in [0.1, 0.15) is 0 Å². The number of carbonyl (C=O) groups is 8. The molecule has 12 heterocycles. The highest BCUT2D eigenvalue weighted by molar-refractivity contribution is 6.06. The Morgan fingerprint density at radius 1 is 0.336 bits per heavy atom. The summed E-state index contributed by atoms with van der Waals surface area (Å²) >= 11 is 0. The van der Waals surface area contributed by atoms with E-state index in [2.05, 4.69) is 87.7 Å². The number of nitrogens with zero attached hydrogens (tertiary/aromatic N) is 16. The van der Waals surface area contributed by atoms with Crippen molar-refractivity contribution in [3.63, 3.8) is 0 Å². The monoisotopic (exact) mass is 1550 g/mol. The number of hydrogen-bond donors (Lipinski definition) is 8. The van der Waals surface area contributed by atoms with Gasteiger partial charge in [0.15, 0.2) is 45.4 Å². The van der Waals surface area contributed by atoms with E-state index in [1.807, 2.05) is 0 Å². The normalized spacial score (nSPS) is 24.9. The molecule has 20 rings (SSSR count). The number of carbonyl (C=O) groups excluding carboxylic acids is 8. The van der Waals surface area contributed by atoms with Crippen molar-refractivity contribution in [2.75, 3.05) is 28.2 Å². The number of pyridine rings is 4. The summed E-state index contributed by atoms with van der Waals surface area (Å²) in [5, 5.41) is 62.5. The molecule has 4 aliphatic heterocycles. The van der Waals surface area contributed by atoms with E-state index in [-0.39, 0.29) is 94.2 Å². The molecule has 4 aliphatic carbocycles. The van der Waals surface area contributed by atoms with Gasteiger partial charge in [-0.25, -0.2) is 38.7 Å². The lowest BCUT2D eigenvalue weighted by atomic mass is 9.99. The number of piperidine rings is 4. The van der Waals surface area contributed by atoms with Gasteiger partial charge in [-0.15, -0.1) is 0 Å². The third kappa shape index (κ3) is 12.4. The van der Waals surface area contributed by atoms with Crippen LogP contribution in [0.15, 0.2) is 170 Å². The van der Waals surface area contributed by atoms with E-state index in [0.717, 1.165) is 25.7 Å². The quantitative estimate of drug-likeness (QED) is 0.101. The standard InChI is InChI=1S/4C21H17N5O3/c4*1-25-16-11-15(16)21(29,20(25)28)8-7-12-4-2-5-13(10-12)26-19-14(6-3-9-23-19)17(24-26)18(22)27/h4*2-6,9-10,15-16,29H,11H2,1H3,(H2,22,27)/t2*15-,16+,21+;2*15-,16+,21-/m1010/s1. The first-order valence-corrected chi connectivity index (χ1v) is 36.7. The zero-order chi connectivity index (χ0) is 81.3. The zero-order valence-electron chi connectivity index (χ0n) is 62.1. The highest BCUT2D eigenvalue weighted by Crippen LogP contribution is 2.53. The van der Waals surface area contributed by atoms with Crippen LogP contribution in [0.4, 0.5) is 0 Å². The molecule has 0 unspecified atom stereocenters. The van der Waals surface area contributed by atoms with Crippen LogP contribution in [-0.2, 0) is 19.2 Å². The molecule has 12 atom stereocenters. The van der Waals surface area contributed by atoms with E-state index in [1.165, 1.54) is 18.7 Å². The van der Waals surface area contributed by atoms with Crippen LogP contribution in [0.2, 0.25) is 0 Å². The summed E-state index contributed by atoms with van der Waals surface area (Å²) in [5.41, 5.74) is 22.8. The third-order valence-electron chi connectivity index (χ3n) is 22.4. The van der Waals surface area contributed by atoms with E-state index in [4.69, 9.17) is 22.9 Å². The topological polar surface area (TPSA) is 457 Å². The Morgan fingerprint density at radius 3 is 0.724 bits per heavy atom. The fourth-order valence-corrected chi connectivity index (χ4v) is 15.9. The van der Waals surface area contributed by atoms with Gasteiger partial charge >= 0.3 is 0 Å². The molecule has 8 fully saturated rings. The van der Waals surface area contributed by atoms with Gasteiger partial charge < -0.3 is 63.0 Å². The second-order valence-electron chi connectivity index (χ2n) is 29.6. The predicted molar refractivity (Wildman–Crippen MR) is 416 cm³/mol. The Labute approximate surface area is 658 Å². The molecule has 8 aliphatic rings. The Balaban J connectivity index is 0.000000111. The Morgan fingerprint density at radius 2 is 0.543 bits per heavy atom. The van der Waals surface area contributed by atoms with Crippen LogP contribution in [0.5, 0.6) is 0 Å². The number of benzene rings is 4. The Bertz CT molecular complexity index is 5800. The summed E-state index contributed by atoms with van der Waals surface area (Å²) in [4.78, 5) is 120. The lowest BCUT2D eigenvalue weighted by molar-refractivity contribution is -0.141. The number of primary amides is 4. The Hall–Kier alpha value is -14.8. The number of rotatable bonds is 8. The van der Waals surface area contributed by atoms with E-state index in [1.54, 1.807) is 218 Å². The van der Waals surface area contributed by atoms with Gasteiger partial charge in [0, 0.05) is 123 Å². The van der Waals surface area contributed by atoms with Gasteiger partial charge in [0.25, 0.3) is 47.3 Å². The number of aromatic nitrogens is 12. The highest BCUT2D eigenvalue weighted by atomic mass is 16.3. The molecule has 116 heavy (non-hydrogen) atoms. The second-order valence-corrected chi connectivity index (χ2v) is 29.6. The molecule has 32 nitrogen and oxygen atoms in total. The summed E-state index contributed by atoms with van der Waals surface area (Å²) in [7, 11) is 6.78. The second kappa shape index (κ2) is 27.5. The molecule has 12 aromatic rings. The fourth-order valence-electron chi connectivity index (χ4n) is 15.9. The molecular weight excluding hydrogens is 1480 g/mol. The van der Waals surface area contributed by atoms with Crippen LogP contribution in [0.1, 0.15) is 89.9 Å². The number of likely N-dealkylation sites (N-methyl/N-ethyl adjacent to an activating group) is 4. The summed E-state index contributed by atoms with van der Waals surface area (Å²) in [5.74, 6) is 18.3. The fraction of sp³-hybridized carbons (Fsp3) is 0.238.